The normalized spacial score (nSPS) is 13.3. The molecule has 8 aromatic carbocycles. The molecule has 1 radical (unpaired) electrons. The molecule has 0 aliphatic heterocycles. The fraction of sp³-hybridized carbons (Fsp3) is 0.0847. The van der Waals surface area contributed by atoms with Crippen LogP contribution in [0.1, 0.15) is 33.5 Å². The summed E-state index contributed by atoms with van der Waals surface area (Å²) in [4.78, 5) is 7.88. The van der Waals surface area contributed by atoms with Gasteiger partial charge in [0.15, 0.2) is 0 Å². The van der Waals surface area contributed by atoms with E-state index in [1.807, 2.05) is 12.3 Å². The van der Waals surface area contributed by atoms with E-state index in [0.717, 1.165) is 24.1 Å². The van der Waals surface area contributed by atoms with Gasteiger partial charge in [-0.05, 0) is 115 Å². The Morgan fingerprint density at radius 1 is 0.471 bits per heavy atom. The van der Waals surface area contributed by atoms with Crippen molar-refractivity contribution in [3.63, 3.8) is 0 Å². The Balaban J connectivity index is 0.000000217. The molecule has 12 rings (SSSR count). The number of nitrogens with zero attached hydrogens (tertiary/aromatic N) is 2. The number of aromatic nitrogens is 2. The monoisotopic (exact) mass is 1080 g/mol. The van der Waals surface area contributed by atoms with E-state index in [9.17, 15) is 26.3 Å². The molecule has 2 nitrogen and oxygen atoms in total. The van der Waals surface area contributed by atoms with Crippen LogP contribution in [-0.4, -0.2) is 9.97 Å². The fourth-order valence-electron chi connectivity index (χ4n) is 9.97. The van der Waals surface area contributed by atoms with Crippen molar-refractivity contribution in [1.82, 2.24) is 9.97 Å². The molecule has 0 saturated heterocycles. The maximum atomic E-state index is 12.6. The second kappa shape index (κ2) is 17.5. The topological polar surface area (TPSA) is 25.8 Å². The van der Waals surface area contributed by atoms with Crippen molar-refractivity contribution in [3.8, 4) is 55.9 Å². The number of halogens is 6. The van der Waals surface area contributed by atoms with Crippen molar-refractivity contribution < 1.29 is 46.4 Å². The van der Waals surface area contributed by atoms with E-state index < -0.39 is 29.3 Å². The molecule has 1 spiro atoms. The van der Waals surface area contributed by atoms with Crippen LogP contribution in [0.4, 0.5) is 26.3 Å². The molecule has 10 aromatic rings. The summed E-state index contributed by atoms with van der Waals surface area (Å²) in [5, 5.41) is 5.13. The summed E-state index contributed by atoms with van der Waals surface area (Å²) in [6.07, 6.45) is -6.06. The predicted molar refractivity (Wildman–Crippen MR) is 253 cm³/mol. The Morgan fingerprint density at radius 2 is 1.06 bits per heavy atom. The summed E-state index contributed by atoms with van der Waals surface area (Å²) >= 11 is 0. The van der Waals surface area contributed by atoms with Gasteiger partial charge >= 0.3 is 12.4 Å². The van der Waals surface area contributed by atoms with Gasteiger partial charge in [0.25, 0.3) is 0 Å². The molecule has 335 valence electrons. The van der Waals surface area contributed by atoms with Crippen LogP contribution in [0.25, 0.3) is 77.4 Å². The minimum absolute atomic E-state index is 0. The third-order valence-electron chi connectivity index (χ3n) is 13.0. The molecule has 2 aliphatic rings. The summed E-state index contributed by atoms with van der Waals surface area (Å²) in [6.45, 7) is 0. The molecule has 0 bridgehead atoms. The molecular formula is C59H36F6IrN2-2. The SMILES string of the molecule is FC(F)(F)c1cc(-c2[c-]cccc2)nc(C(F)(F)F)c1.[Ir].[c-]1cc2c(cc1-c1ccccn1)CC1(C2)c2cc(-c3cccc4ccccc34)ccc2-c2ccc(-c3cccc4ccccc34)cc21. The number of rotatable bonds is 4. The van der Waals surface area contributed by atoms with E-state index in [2.05, 4.69) is 168 Å². The van der Waals surface area contributed by atoms with Crippen LogP contribution in [0.3, 0.4) is 0 Å². The first-order valence-electron chi connectivity index (χ1n) is 21.8. The average molecular weight is 1080 g/mol. The Morgan fingerprint density at radius 3 is 1.63 bits per heavy atom. The molecule has 0 atom stereocenters. The van der Waals surface area contributed by atoms with E-state index in [1.165, 1.54) is 95.4 Å². The molecule has 2 aromatic heterocycles. The Kier molecular flexibility index (Phi) is 11.5. The van der Waals surface area contributed by atoms with Gasteiger partial charge < -0.3 is 4.98 Å². The van der Waals surface area contributed by atoms with Crippen LogP contribution < -0.4 is 0 Å². The van der Waals surface area contributed by atoms with Gasteiger partial charge in [0.2, 0.25) is 0 Å². The molecule has 68 heavy (non-hydrogen) atoms. The molecule has 0 fully saturated rings. The summed E-state index contributed by atoms with van der Waals surface area (Å²) in [5.74, 6) is 0. The number of pyridine rings is 2. The van der Waals surface area contributed by atoms with Crippen LogP contribution in [0.15, 0.2) is 194 Å². The zero-order chi connectivity index (χ0) is 45.9. The molecule has 0 unspecified atom stereocenters. The zero-order valence-electron chi connectivity index (χ0n) is 35.9. The maximum absolute atomic E-state index is 12.6. The second-order valence-corrected chi connectivity index (χ2v) is 17.0. The average Bonchev–Trinajstić information content (AvgIpc) is 3.87. The number of hydrogen-bond donors (Lipinski definition) is 0. The van der Waals surface area contributed by atoms with E-state index in [4.69, 9.17) is 0 Å². The van der Waals surface area contributed by atoms with Gasteiger partial charge in [0, 0.05) is 31.7 Å². The molecule has 0 saturated carbocycles. The van der Waals surface area contributed by atoms with E-state index in [-0.39, 0.29) is 37.2 Å². The van der Waals surface area contributed by atoms with Crippen LogP contribution in [0, 0.1) is 12.1 Å². The smallest absolute Gasteiger partial charge is 0.305 e. The van der Waals surface area contributed by atoms with E-state index in [0.29, 0.717) is 6.07 Å². The molecule has 0 N–H and O–H groups in total. The number of hydrogen-bond acceptors (Lipinski definition) is 2. The van der Waals surface area contributed by atoms with E-state index in [1.54, 1.807) is 6.07 Å². The summed E-state index contributed by atoms with van der Waals surface area (Å²) in [7, 11) is 0. The fourth-order valence-corrected chi connectivity index (χ4v) is 9.97. The van der Waals surface area contributed by atoms with Crippen LogP contribution in [-0.2, 0) is 50.7 Å². The van der Waals surface area contributed by atoms with E-state index >= 15 is 0 Å². The first-order chi connectivity index (χ1) is 32.4. The summed E-state index contributed by atoms with van der Waals surface area (Å²) in [5.41, 5.74) is 12.0. The standard InChI is InChI=1S/C46H30N.C13H6F6N.Ir/c1-3-13-37-30(9-1)11-7-15-39(37)32-20-22-41-42-23-21-33(40-16-8-12-31-10-2-4-14-38(31)40)27-44(42)46(43(41)26-32)28-35-19-18-34(25-36(35)29-46)45-17-5-6-24-47-45;14-12(15,16)9-6-10(8-4-2-1-3-5-8)20-11(7-9)13(17,18)19;/h1-17,19-27H,28-29H2;1-4,6-7H;/q2*-1;. The zero-order valence-corrected chi connectivity index (χ0v) is 38.3. The number of fused-ring (bicyclic) bond motifs is 8. The third kappa shape index (κ3) is 8.10. The minimum Gasteiger partial charge on any atom is -0.305 e. The molecule has 9 heteroatoms. The molecular weight excluding hydrogens is 1040 g/mol. The Bertz CT molecular complexity index is 3340. The predicted octanol–water partition coefficient (Wildman–Crippen LogP) is 15.8. The summed E-state index contributed by atoms with van der Waals surface area (Å²) < 4.78 is 75.8. The Hall–Kier alpha value is -7.19. The van der Waals surface area contributed by atoms with Crippen LogP contribution in [0.5, 0.6) is 0 Å². The second-order valence-electron chi connectivity index (χ2n) is 17.0. The van der Waals surface area contributed by atoms with Gasteiger partial charge in [-0.2, -0.15) is 26.3 Å². The number of benzene rings is 8. The minimum atomic E-state index is -4.95. The van der Waals surface area contributed by atoms with Crippen molar-refractivity contribution in [3.05, 3.63) is 240 Å². The van der Waals surface area contributed by atoms with Gasteiger partial charge in [-0.1, -0.05) is 127 Å². The first-order valence-corrected chi connectivity index (χ1v) is 21.8. The van der Waals surface area contributed by atoms with Crippen molar-refractivity contribution in [1.29, 1.82) is 0 Å². The molecule has 0 amide bonds. The molecule has 2 heterocycles. The first kappa shape index (κ1) is 44.6. The van der Waals surface area contributed by atoms with Gasteiger partial charge in [0.1, 0.15) is 5.69 Å². The van der Waals surface area contributed by atoms with Crippen LogP contribution >= 0.6 is 0 Å². The largest absolute Gasteiger partial charge is 0.432 e. The third-order valence-corrected chi connectivity index (χ3v) is 13.0. The van der Waals surface area contributed by atoms with Gasteiger partial charge in [-0.25, -0.2) is 0 Å². The van der Waals surface area contributed by atoms with Crippen LogP contribution in [0.2, 0.25) is 0 Å². The van der Waals surface area contributed by atoms with Crippen molar-refractivity contribution >= 4 is 21.5 Å². The Labute approximate surface area is 402 Å². The van der Waals surface area contributed by atoms with Crippen molar-refractivity contribution in [2.75, 3.05) is 0 Å². The summed E-state index contributed by atoms with van der Waals surface area (Å²) in [6, 6.07) is 68.3. The van der Waals surface area contributed by atoms with Crippen molar-refractivity contribution in [2.24, 2.45) is 0 Å². The number of alkyl halides is 6. The molecule has 2 aliphatic carbocycles. The van der Waals surface area contributed by atoms with Gasteiger partial charge in [-0.3, -0.25) is 4.98 Å². The van der Waals surface area contributed by atoms with Gasteiger partial charge in [-0.15, -0.1) is 70.8 Å². The van der Waals surface area contributed by atoms with Crippen molar-refractivity contribution in [2.45, 2.75) is 30.6 Å². The maximum Gasteiger partial charge on any atom is 0.432 e. The quantitative estimate of drug-likeness (QED) is 0.130. The van der Waals surface area contributed by atoms with Gasteiger partial charge in [0.05, 0.1) is 5.56 Å².